The molecule has 0 amide bonds. The van der Waals surface area contributed by atoms with Gasteiger partial charge in [0, 0.05) is 18.3 Å². The average Bonchev–Trinajstić information content (AvgIpc) is 3.71. The number of rotatable bonds is 9. The number of esters is 4. The average molecular weight is 617 g/mol. The maximum atomic E-state index is 12.6. The first-order valence-corrected chi connectivity index (χ1v) is 17.3. The fourth-order valence-electron chi connectivity index (χ4n) is 10.1. The first-order valence-electron chi connectivity index (χ1n) is 17.3. The van der Waals surface area contributed by atoms with E-state index in [0.29, 0.717) is 23.7 Å². The maximum Gasteiger partial charge on any atom is 0.332 e. The summed E-state index contributed by atoms with van der Waals surface area (Å²) in [4.78, 5) is 48.0. The first kappa shape index (κ1) is 31.8. The van der Waals surface area contributed by atoms with Crippen LogP contribution in [0.3, 0.4) is 0 Å². The Morgan fingerprint density at radius 2 is 1.50 bits per heavy atom. The molecule has 8 fully saturated rings. The summed E-state index contributed by atoms with van der Waals surface area (Å²) in [6, 6.07) is 0. The Balaban J connectivity index is 0.000000181. The third kappa shape index (κ3) is 6.03. The van der Waals surface area contributed by atoms with Crippen molar-refractivity contribution < 1.29 is 42.9 Å². The summed E-state index contributed by atoms with van der Waals surface area (Å²) in [5.74, 6) is 0.972. The molecule has 1 aliphatic heterocycles. The third-order valence-corrected chi connectivity index (χ3v) is 11.9. The number of fused-ring (bicyclic) bond motifs is 1. The lowest BCUT2D eigenvalue weighted by Crippen LogP contribution is -2.61. The molecule has 1 heterocycles. The van der Waals surface area contributed by atoms with Crippen molar-refractivity contribution in [2.45, 2.75) is 147 Å². The van der Waals surface area contributed by atoms with Gasteiger partial charge in [-0.1, -0.05) is 34.6 Å². The van der Waals surface area contributed by atoms with Crippen molar-refractivity contribution in [3.05, 3.63) is 0 Å². The lowest BCUT2D eigenvalue weighted by atomic mass is 9.52. The molecule has 8 aliphatic rings. The first-order chi connectivity index (χ1) is 20.8. The van der Waals surface area contributed by atoms with Crippen LogP contribution in [0, 0.1) is 41.4 Å². The molecule has 1 saturated heterocycles. The van der Waals surface area contributed by atoms with Crippen LogP contribution in [0.4, 0.5) is 0 Å². The lowest BCUT2D eigenvalue weighted by molar-refractivity contribution is -0.238. The van der Waals surface area contributed by atoms with Crippen LogP contribution in [0.5, 0.6) is 0 Å². The van der Waals surface area contributed by atoms with Gasteiger partial charge in [0.2, 0.25) is 0 Å². The van der Waals surface area contributed by atoms with E-state index in [9.17, 15) is 19.2 Å². The molecule has 0 radical (unpaired) electrons. The summed E-state index contributed by atoms with van der Waals surface area (Å²) >= 11 is 0. The van der Waals surface area contributed by atoms with Crippen LogP contribution in [0.2, 0.25) is 0 Å². The van der Waals surface area contributed by atoms with Gasteiger partial charge in [0.25, 0.3) is 0 Å². The minimum Gasteiger partial charge on any atom is -0.459 e. The van der Waals surface area contributed by atoms with Crippen molar-refractivity contribution in [3.63, 3.8) is 0 Å². The van der Waals surface area contributed by atoms with Gasteiger partial charge in [0.15, 0.2) is 0 Å². The van der Waals surface area contributed by atoms with Crippen LogP contribution in [0.1, 0.15) is 118 Å². The van der Waals surface area contributed by atoms with Gasteiger partial charge in [-0.3, -0.25) is 14.4 Å². The van der Waals surface area contributed by atoms with Gasteiger partial charge < -0.3 is 23.7 Å². The second-order valence-electron chi connectivity index (χ2n) is 15.9. The molecule has 0 spiro atoms. The summed E-state index contributed by atoms with van der Waals surface area (Å²) < 4.78 is 29.0. The quantitative estimate of drug-likeness (QED) is 0.238. The maximum absolute atomic E-state index is 12.6. The molecule has 8 rings (SSSR count). The van der Waals surface area contributed by atoms with Gasteiger partial charge in [0.05, 0.1) is 23.4 Å². The SMILES string of the molecule is CC(C)C(=O)OC1C2CC3C(=O)OC1C3C2.CCC1(OC(=O)COC23CC4CC(C2)CC(OC(=O)C(C)C)(C4)C3)CCCC1. The highest BCUT2D eigenvalue weighted by atomic mass is 16.6. The van der Waals surface area contributed by atoms with E-state index in [1.165, 1.54) is 6.42 Å². The largest absolute Gasteiger partial charge is 0.459 e. The van der Waals surface area contributed by atoms with Gasteiger partial charge in [-0.2, -0.15) is 0 Å². The predicted octanol–water partition coefficient (Wildman–Crippen LogP) is 5.70. The summed E-state index contributed by atoms with van der Waals surface area (Å²) in [6.45, 7) is 9.54. The van der Waals surface area contributed by atoms with Crippen LogP contribution >= 0.6 is 0 Å². The number of ether oxygens (including phenoxy) is 5. The van der Waals surface area contributed by atoms with Crippen molar-refractivity contribution >= 4 is 23.9 Å². The second kappa shape index (κ2) is 11.9. The summed E-state index contributed by atoms with van der Waals surface area (Å²) in [6.07, 6.45) is 12.4. The van der Waals surface area contributed by atoms with Crippen LogP contribution in [0.25, 0.3) is 0 Å². The van der Waals surface area contributed by atoms with Crippen molar-refractivity contribution in [1.29, 1.82) is 0 Å². The van der Waals surface area contributed by atoms with Crippen LogP contribution in [0.15, 0.2) is 0 Å². The molecule has 9 heteroatoms. The van der Waals surface area contributed by atoms with Gasteiger partial charge >= 0.3 is 23.9 Å². The van der Waals surface area contributed by atoms with Gasteiger partial charge in [-0.25, -0.2) is 4.79 Å². The standard InChI is InChI=1S/C23H36O5.C12H16O4/c1-4-21(7-5-6-8-21)27-19(24)14-26-22-10-17-9-18(11-22)13-23(12-17,15-22)28-20(25)16(2)3;1-5(2)11(13)15-9-6-3-7-8(4-6)12(14)16-10(7)9/h16-18H,4-15H2,1-3H3;5-10H,3-4H2,1-2H3. The van der Waals surface area contributed by atoms with E-state index in [1.54, 1.807) is 0 Å². The van der Waals surface area contributed by atoms with E-state index in [4.69, 9.17) is 23.7 Å². The van der Waals surface area contributed by atoms with Crippen LogP contribution in [-0.2, 0) is 42.9 Å². The Labute approximate surface area is 261 Å². The molecule has 246 valence electrons. The summed E-state index contributed by atoms with van der Waals surface area (Å²) in [5, 5.41) is 0. The van der Waals surface area contributed by atoms with E-state index in [0.717, 1.165) is 77.0 Å². The highest BCUT2D eigenvalue weighted by molar-refractivity contribution is 5.77. The molecule has 7 aliphatic carbocycles. The smallest absolute Gasteiger partial charge is 0.332 e. The van der Waals surface area contributed by atoms with Crippen molar-refractivity contribution in [3.8, 4) is 0 Å². The molecular formula is C35H52O9. The Bertz CT molecular complexity index is 1120. The van der Waals surface area contributed by atoms with E-state index >= 15 is 0 Å². The molecule has 0 aromatic rings. The Hall–Kier alpha value is -2.16. The molecule has 44 heavy (non-hydrogen) atoms. The predicted molar refractivity (Wildman–Crippen MR) is 159 cm³/mol. The molecule has 7 saturated carbocycles. The fourth-order valence-corrected chi connectivity index (χ4v) is 10.1. The van der Waals surface area contributed by atoms with Crippen molar-refractivity contribution in [1.82, 2.24) is 0 Å². The molecule has 0 N–H and O–H groups in total. The molecule has 7 unspecified atom stereocenters. The number of carbonyl (C=O) groups excluding carboxylic acids is 4. The zero-order valence-corrected chi connectivity index (χ0v) is 27.3. The number of hydrogen-bond donors (Lipinski definition) is 0. The normalized spacial score (nSPS) is 40.2. The highest BCUT2D eigenvalue weighted by Crippen LogP contribution is 2.60. The van der Waals surface area contributed by atoms with E-state index in [1.807, 2.05) is 27.7 Å². The minimum atomic E-state index is -0.383. The van der Waals surface area contributed by atoms with E-state index in [-0.39, 0.29) is 77.2 Å². The zero-order chi connectivity index (χ0) is 31.4. The van der Waals surface area contributed by atoms with Gasteiger partial charge in [-0.05, 0) is 88.9 Å². The topological polar surface area (TPSA) is 114 Å². The molecule has 9 nitrogen and oxygen atoms in total. The molecule has 0 aromatic heterocycles. The van der Waals surface area contributed by atoms with E-state index < -0.39 is 0 Å². The van der Waals surface area contributed by atoms with Gasteiger partial charge in [0.1, 0.15) is 30.0 Å². The third-order valence-electron chi connectivity index (χ3n) is 11.9. The van der Waals surface area contributed by atoms with Gasteiger partial charge in [-0.15, -0.1) is 0 Å². The second-order valence-corrected chi connectivity index (χ2v) is 15.9. The number of hydrogen-bond acceptors (Lipinski definition) is 9. The lowest BCUT2D eigenvalue weighted by Gasteiger charge is -2.60. The monoisotopic (exact) mass is 616 g/mol. The zero-order valence-electron chi connectivity index (χ0n) is 27.3. The molecule has 7 atom stereocenters. The highest BCUT2D eigenvalue weighted by Gasteiger charge is 2.63. The molecule has 0 aromatic carbocycles. The minimum absolute atomic E-state index is 0.0232. The Kier molecular flexibility index (Phi) is 8.59. The van der Waals surface area contributed by atoms with Crippen LogP contribution in [-0.4, -0.2) is 59.5 Å². The summed E-state index contributed by atoms with van der Waals surface area (Å²) in [7, 11) is 0. The molecular weight excluding hydrogens is 564 g/mol. The Morgan fingerprint density at radius 3 is 2.11 bits per heavy atom. The molecule has 6 bridgehead atoms. The summed E-state index contributed by atoms with van der Waals surface area (Å²) in [5.41, 5.74) is -0.975. The van der Waals surface area contributed by atoms with Crippen molar-refractivity contribution in [2.24, 2.45) is 41.4 Å². The Morgan fingerprint density at radius 1 is 0.864 bits per heavy atom. The number of carbonyl (C=O) groups is 4. The van der Waals surface area contributed by atoms with Crippen LogP contribution < -0.4 is 0 Å². The van der Waals surface area contributed by atoms with Crippen molar-refractivity contribution in [2.75, 3.05) is 6.61 Å². The fraction of sp³-hybridized carbons (Fsp3) is 0.886. The van der Waals surface area contributed by atoms with E-state index in [2.05, 4.69) is 6.92 Å².